The molecule has 0 aromatic heterocycles. The second kappa shape index (κ2) is 8.32. The molecule has 0 heteroatoms. The van der Waals surface area contributed by atoms with Gasteiger partial charge >= 0.3 is 0 Å². The Morgan fingerprint density at radius 2 is 1.50 bits per heavy atom. The topological polar surface area (TPSA) is 0 Å². The third-order valence-corrected chi connectivity index (χ3v) is 1.92. The average molecular weight is 166 g/mol. The molecule has 0 fully saturated rings. The van der Waals surface area contributed by atoms with Gasteiger partial charge in [-0.15, -0.1) is 0 Å². The summed E-state index contributed by atoms with van der Waals surface area (Å²) in [7, 11) is 0. The molecule has 0 aromatic rings. The molecule has 0 atom stereocenters. The van der Waals surface area contributed by atoms with Crippen molar-refractivity contribution in [3.63, 3.8) is 0 Å². The first kappa shape index (κ1) is 13.8. The molecule has 0 radical (unpaired) electrons. The molecule has 70 valence electrons. The summed E-state index contributed by atoms with van der Waals surface area (Å²) in [6.07, 6.45) is 4.00. The van der Waals surface area contributed by atoms with E-state index in [2.05, 4.69) is 40.3 Å². The largest absolute Gasteiger partial charge is 0.0988 e. The van der Waals surface area contributed by atoms with E-state index in [1.165, 1.54) is 16.7 Å². The van der Waals surface area contributed by atoms with Gasteiger partial charge in [-0.3, -0.25) is 0 Å². The van der Waals surface area contributed by atoms with Crippen LogP contribution in [0.4, 0.5) is 0 Å². The molecule has 0 unspecified atom stereocenters. The zero-order chi connectivity index (χ0) is 10.1. The van der Waals surface area contributed by atoms with Crippen LogP contribution in [0.25, 0.3) is 0 Å². The highest BCUT2D eigenvalue weighted by Gasteiger charge is 1.92. The second-order valence-corrected chi connectivity index (χ2v) is 2.48. The number of allylic oxidation sites excluding steroid dienone is 5. The van der Waals surface area contributed by atoms with Crippen molar-refractivity contribution >= 4 is 0 Å². The smallest absolute Gasteiger partial charge is 0.0393 e. The minimum absolute atomic E-state index is 1.26. The third-order valence-electron chi connectivity index (χ3n) is 1.92. The lowest BCUT2D eigenvalue weighted by Crippen LogP contribution is -1.82. The van der Waals surface area contributed by atoms with Crippen molar-refractivity contribution in [2.75, 3.05) is 0 Å². The van der Waals surface area contributed by atoms with Crippen LogP contribution in [0.3, 0.4) is 0 Å². The Labute approximate surface area is 77.7 Å². The molecule has 0 heterocycles. The number of hydrogen-bond acceptors (Lipinski definition) is 0. The molecule has 0 amide bonds. The van der Waals surface area contributed by atoms with E-state index < -0.39 is 0 Å². The van der Waals surface area contributed by atoms with Crippen LogP contribution in [0.2, 0.25) is 0 Å². The SMILES string of the molecule is C=C/C(C)=C(C)\C(C)=C/C.CC. The lowest BCUT2D eigenvalue weighted by Gasteiger charge is -2.02. The second-order valence-electron chi connectivity index (χ2n) is 2.48. The molecule has 0 aliphatic carbocycles. The molecule has 0 rings (SSSR count). The van der Waals surface area contributed by atoms with Crippen molar-refractivity contribution in [3.8, 4) is 0 Å². The molecule has 12 heavy (non-hydrogen) atoms. The van der Waals surface area contributed by atoms with Crippen LogP contribution in [0.5, 0.6) is 0 Å². The lowest BCUT2D eigenvalue weighted by atomic mass is 10.0. The van der Waals surface area contributed by atoms with Crippen LogP contribution >= 0.6 is 0 Å². The number of hydrogen-bond donors (Lipinski definition) is 0. The molecule has 0 saturated carbocycles. The summed E-state index contributed by atoms with van der Waals surface area (Å²) in [4.78, 5) is 0. The van der Waals surface area contributed by atoms with Crippen molar-refractivity contribution in [1.29, 1.82) is 0 Å². The van der Waals surface area contributed by atoms with Gasteiger partial charge in [0.25, 0.3) is 0 Å². The maximum atomic E-state index is 3.71. The van der Waals surface area contributed by atoms with Gasteiger partial charge in [0, 0.05) is 0 Å². The van der Waals surface area contributed by atoms with Gasteiger partial charge < -0.3 is 0 Å². The van der Waals surface area contributed by atoms with Crippen molar-refractivity contribution in [1.82, 2.24) is 0 Å². The summed E-state index contributed by atoms with van der Waals surface area (Å²) in [5.41, 5.74) is 3.92. The summed E-state index contributed by atoms with van der Waals surface area (Å²) in [6, 6.07) is 0. The van der Waals surface area contributed by atoms with E-state index in [1.807, 2.05) is 19.9 Å². The van der Waals surface area contributed by atoms with Crippen molar-refractivity contribution in [2.45, 2.75) is 41.5 Å². The quantitative estimate of drug-likeness (QED) is 0.530. The van der Waals surface area contributed by atoms with E-state index in [0.29, 0.717) is 0 Å². The molecular formula is C12H22. The highest BCUT2D eigenvalue weighted by molar-refractivity contribution is 5.35. The normalized spacial score (nSPS) is 12.7. The Morgan fingerprint density at radius 3 is 1.75 bits per heavy atom. The lowest BCUT2D eigenvalue weighted by molar-refractivity contribution is 1.27. The zero-order valence-corrected chi connectivity index (χ0v) is 9.36. The molecular weight excluding hydrogens is 144 g/mol. The van der Waals surface area contributed by atoms with Gasteiger partial charge in [-0.25, -0.2) is 0 Å². The van der Waals surface area contributed by atoms with Crippen LogP contribution < -0.4 is 0 Å². The van der Waals surface area contributed by atoms with E-state index in [-0.39, 0.29) is 0 Å². The Morgan fingerprint density at radius 1 is 1.08 bits per heavy atom. The maximum absolute atomic E-state index is 3.71. The Bertz CT molecular complexity index is 180. The summed E-state index contributed by atoms with van der Waals surface area (Å²) >= 11 is 0. The van der Waals surface area contributed by atoms with Crippen molar-refractivity contribution in [3.05, 3.63) is 35.5 Å². The van der Waals surface area contributed by atoms with Crippen LogP contribution in [0.15, 0.2) is 35.5 Å². The van der Waals surface area contributed by atoms with Crippen LogP contribution in [0.1, 0.15) is 41.5 Å². The van der Waals surface area contributed by atoms with Gasteiger partial charge in [-0.1, -0.05) is 38.2 Å². The Balaban J connectivity index is 0. The van der Waals surface area contributed by atoms with E-state index in [4.69, 9.17) is 0 Å². The van der Waals surface area contributed by atoms with E-state index in [9.17, 15) is 0 Å². The minimum atomic E-state index is 1.26. The van der Waals surface area contributed by atoms with Crippen LogP contribution in [0, 0.1) is 0 Å². The molecule has 0 spiro atoms. The van der Waals surface area contributed by atoms with Gasteiger partial charge in [0.2, 0.25) is 0 Å². The third kappa shape index (κ3) is 4.95. The predicted molar refractivity (Wildman–Crippen MR) is 59.4 cm³/mol. The molecule has 0 saturated heterocycles. The molecule has 0 bridgehead atoms. The van der Waals surface area contributed by atoms with Gasteiger partial charge in [-0.2, -0.15) is 0 Å². The highest BCUT2D eigenvalue weighted by atomic mass is 14.0. The maximum Gasteiger partial charge on any atom is -0.0393 e. The summed E-state index contributed by atoms with van der Waals surface area (Å²) in [6.45, 7) is 16.1. The van der Waals surface area contributed by atoms with Crippen molar-refractivity contribution in [2.24, 2.45) is 0 Å². The molecule has 0 aliphatic rings. The standard InChI is InChI=1S/C10H16.C2H6/c1-6-8(3)10(5)9(4)7-2;1-2/h6-7H,1H2,2-5H3;1-2H3/b9-7-,10-8-;. The Kier molecular flexibility index (Phi) is 9.56. The molecule has 0 N–H and O–H groups in total. The first-order valence-electron chi connectivity index (χ1n) is 4.56. The average Bonchev–Trinajstić information content (AvgIpc) is 2.17. The fraction of sp³-hybridized carbons (Fsp3) is 0.500. The molecule has 0 nitrogen and oxygen atoms in total. The zero-order valence-electron chi connectivity index (χ0n) is 9.36. The van der Waals surface area contributed by atoms with Gasteiger partial charge in [0.1, 0.15) is 0 Å². The van der Waals surface area contributed by atoms with Gasteiger partial charge in [0.05, 0.1) is 0 Å². The summed E-state index contributed by atoms with van der Waals surface area (Å²) in [5.74, 6) is 0. The fourth-order valence-corrected chi connectivity index (χ4v) is 0.681. The van der Waals surface area contributed by atoms with E-state index in [0.717, 1.165) is 0 Å². The van der Waals surface area contributed by atoms with Gasteiger partial charge in [0.15, 0.2) is 0 Å². The van der Waals surface area contributed by atoms with Gasteiger partial charge in [-0.05, 0) is 38.8 Å². The van der Waals surface area contributed by atoms with Crippen LogP contribution in [-0.4, -0.2) is 0 Å². The molecule has 0 aliphatic heterocycles. The van der Waals surface area contributed by atoms with E-state index in [1.54, 1.807) is 0 Å². The Hall–Kier alpha value is -0.780. The predicted octanol–water partition coefficient (Wildman–Crippen LogP) is 4.50. The van der Waals surface area contributed by atoms with E-state index >= 15 is 0 Å². The highest BCUT2D eigenvalue weighted by Crippen LogP contribution is 2.13. The summed E-state index contributed by atoms with van der Waals surface area (Å²) < 4.78 is 0. The summed E-state index contributed by atoms with van der Waals surface area (Å²) in [5, 5.41) is 0. The first-order valence-corrected chi connectivity index (χ1v) is 4.56. The number of rotatable bonds is 2. The minimum Gasteiger partial charge on any atom is -0.0988 e. The van der Waals surface area contributed by atoms with Crippen LogP contribution in [-0.2, 0) is 0 Å². The van der Waals surface area contributed by atoms with Crippen molar-refractivity contribution < 1.29 is 0 Å². The monoisotopic (exact) mass is 166 g/mol. The first-order chi connectivity index (χ1) is 5.63. The molecule has 0 aromatic carbocycles. The fourth-order valence-electron chi connectivity index (χ4n) is 0.681.